The molecule has 0 fully saturated rings. The van der Waals surface area contributed by atoms with Crippen molar-refractivity contribution in [3.63, 3.8) is 0 Å². The normalized spacial score (nSPS) is 26.8. The summed E-state index contributed by atoms with van der Waals surface area (Å²) in [7, 11) is 0. The van der Waals surface area contributed by atoms with Crippen LogP contribution in [0.4, 0.5) is 0 Å². The highest BCUT2D eigenvalue weighted by Crippen LogP contribution is 2.32. The van der Waals surface area contributed by atoms with Crippen molar-refractivity contribution in [2.24, 2.45) is 5.73 Å². The van der Waals surface area contributed by atoms with Crippen LogP contribution < -0.4 is 15.2 Å². The van der Waals surface area contributed by atoms with Crippen molar-refractivity contribution < 1.29 is 9.47 Å². The average Bonchev–Trinajstić information content (AvgIpc) is 2.02. The molecule has 0 radical (unpaired) electrons. The maximum Gasteiger partial charge on any atom is 0.190 e. The van der Waals surface area contributed by atoms with E-state index in [1.807, 2.05) is 24.3 Å². The maximum atomic E-state index is 5.75. The van der Waals surface area contributed by atoms with Gasteiger partial charge in [-0.15, -0.1) is 0 Å². The molecule has 3 nitrogen and oxygen atoms in total. The van der Waals surface area contributed by atoms with Crippen LogP contribution in [0.15, 0.2) is 24.3 Å². The minimum absolute atomic E-state index is 0.393. The smallest absolute Gasteiger partial charge is 0.190 e. The lowest BCUT2D eigenvalue weighted by atomic mass is 10.2. The molecule has 64 valence electrons. The van der Waals surface area contributed by atoms with E-state index >= 15 is 0 Å². The first-order valence-electron chi connectivity index (χ1n) is 3.87. The Morgan fingerprint density at radius 1 is 1.33 bits per heavy atom. The van der Waals surface area contributed by atoms with E-state index in [0.717, 1.165) is 5.75 Å². The van der Waals surface area contributed by atoms with Crippen LogP contribution in [0.2, 0.25) is 0 Å². The Balaban J connectivity index is 2.35. The molecule has 0 spiro atoms. The molecule has 0 amide bonds. The monoisotopic (exact) mass is 165 g/mol. The summed E-state index contributed by atoms with van der Waals surface area (Å²) in [5, 5.41) is 0. The second-order valence-electron chi connectivity index (χ2n) is 3.15. The van der Waals surface area contributed by atoms with Gasteiger partial charge in [0.2, 0.25) is 0 Å². The standard InChI is InChI=1S/C9H11NO2/c1-9(10)6-11-7-4-2-3-5-8(7)12-9/h2-5H,6,10H2,1H3. The predicted molar refractivity (Wildman–Crippen MR) is 45.2 cm³/mol. The third-order valence-corrected chi connectivity index (χ3v) is 1.71. The zero-order chi connectivity index (χ0) is 8.60. The Morgan fingerprint density at radius 3 is 2.75 bits per heavy atom. The Kier molecular flexibility index (Phi) is 1.48. The molecular formula is C9H11NO2. The summed E-state index contributed by atoms with van der Waals surface area (Å²) >= 11 is 0. The summed E-state index contributed by atoms with van der Waals surface area (Å²) in [5.41, 5.74) is 5.05. The molecule has 2 rings (SSSR count). The van der Waals surface area contributed by atoms with Crippen molar-refractivity contribution in [3.8, 4) is 11.5 Å². The van der Waals surface area contributed by atoms with E-state index in [1.165, 1.54) is 0 Å². The van der Waals surface area contributed by atoms with Gasteiger partial charge < -0.3 is 9.47 Å². The van der Waals surface area contributed by atoms with E-state index in [1.54, 1.807) is 6.92 Å². The summed E-state index contributed by atoms with van der Waals surface area (Å²) in [6.45, 7) is 2.19. The zero-order valence-electron chi connectivity index (χ0n) is 6.91. The molecule has 1 aliphatic rings. The first-order chi connectivity index (χ1) is 5.67. The molecule has 1 aliphatic heterocycles. The molecular weight excluding hydrogens is 154 g/mol. The van der Waals surface area contributed by atoms with Crippen molar-refractivity contribution in [2.75, 3.05) is 6.61 Å². The zero-order valence-corrected chi connectivity index (χ0v) is 6.91. The molecule has 0 aromatic heterocycles. The molecule has 0 saturated heterocycles. The lowest BCUT2D eigenvalue weighted by Crippen LogP contribution is -2.50. The fourth-order valence-electron chi connectivity index (χ4n) is 1.16. The minimum Gasteiger partial charge on any atom is -0.484 e. The summed E-state index contributed by atoms with van der Waals surface area (Å²) in [4.78, 5) is 0. The van der Waals surface area contributed by atoms with Gasteiger partial charge >= 0.3 is 0 Å². The lowest BCUT2D eigenvalue weighted by molar-refractivity contribution is 0.0114. The van der Waals surface area contributed by atoms with Crippen molar-refractivity contribution in [2.45, 2.75) is 12.6 Å². The lowest BCUT2D eigenvalue weighted by Gasteiger charge is -2.31. The number of nitrogens with two attached hydrogens (primary N) is 1. The van der Waals surface area contributed by atoms with Crippen LogP contribution in [0, 0.1) is 0 Å². The fraction of sp³-hybridized carbons (Fsp3) is 0.333. The van der Waals surface area contributed by atoms with Crippen LogP contribution in [0.1, 0.15) is 6.92 Å². The number of fused-ring (bicyclic) bond motifs is 1. The third kappa shape index (κ3) is 1.23. The van der Waals surface area contributed by atoms with Gasteiger partial charge in [0.1, 0.15) is 6.61 Å². The first-order valence-corrected chi connectivity index (χ1v) is 3.87. The van der Waals surface area contributed by atoms with Gasteiger partial charge in [0, 0.05) is 0 Å². The highest BCUT2D eigenvalue weighted by atomic mass is 16.6. The quantitative estimate of drug-likeness (QED) is 0.626. The van der Waals surface area contributed by atoms with E-state index < -0.39 is 5.72 Å². The van der Waals surface area contributed by atoms with Crippen molar-refractivity contribution in [1.82, 2.24) is 0 Å². The van der Waals surface area contributed by atoms with E-state index in [2.05, 4.69) is 0 Å². The Morgan fingerprint density at radius 2 is 2.00 bits per heavy atom. The number of ether oxygens (including phenoxy) is 2. The molecule has 0 aliphatic carbocycles. The topological polar surface area (TPSA) is 44.5 Å². The molecule has 12 heavy (non-hydrogen) atoms. The van der Waals surface area contributed by atoms with Gasteiger partial charge in [0.25, 0.3) is 0 Å². The van der Waals surface area contributed by atoms with Crippen LogP contribution in [-0.2, 0) is 0 Å². The van der Waals surface area contributed by atoms with E-state index in [9.17, 15) is 0 Å². The van der Waals surface area contributed by atoms with Crippen LogP contribution in [-0.4, -0.2) is 12.3 Å². The van der Waals surface area contributed by atoms with Crippen LogP contribution in [0.3, 0.4) is 0 Å². The number of para-hydroxylation sites is 2. The number of hydrogen-bond acceptors (Lipinski definition) is 3. The maximum absolute atomic E-state index is 5.75. The van der Waals surface area contributed by atoms with E-state index in [0.29, 0.717) is 12.4 Å². The second-order valence-corrected chi connectivity index (χ2v) is 3.15. The summed E-state index contributed by atoms with van der Waals surface area (Å²) in [5.74, 6) is 1.48. The Labute approximate surface area is 71.1 Å². The molecule has 0 saturated carbocycles. The molecule has 1 heterocycles. The van der Waals surface area contributed by atoms with Gasteiger partial charge in [-0.25, -0.2) is 0 Å². The molecule has 0 bridgehead atoms. The van der Waals surface area contributed by atoms with E-state index in [4.69, 9.17) is 15.2 Å². The largest absolute Gasteiger partial charge is 0.484 e. The Bertz CT molecular complexity index is 296. The highest BCUT2D eigenvalue weighted by molar-refractivity contribution is 5.41. The van der Waals surface area contributed by atoms with Crippen molar-refractivity contribution >= 4 is 0 Å². The SMILES string of the molecule is CC1(N)COc2ccccc2O1. The fourth-order valence-corrected chi connectivity index (χ4v) is 1.16. The van der Waals surface area contributed by atoms with Crippen LogP contribution >= 0.6 is 0 Å². The van der Waals surface area contributed by atoms with Crippen LogP contribution in [0.5, 0.6) is 11.5 Å². The number of hydrogen-bond donors (Lipinski definition) is 1. The summed E-state index contributed by atoms with van der Waals surface area (Å²) in [6, 6.07) is 7.51. The second kappa shape index (κ2) is 2.38. The summed E-state index contributed by atoms with van der Waals surface area (Å²) < 4.78 is 10.9. The van der Waals surface area contributed by atoms with Crippen molar-refractivity contribution in [1.29, 1.82) is 0 Å². The predicted octanol–water partition coefficient (Wildman–Crippen LogP) is 1.13. The van der Waals surface area contributed by atoms with E-state index in [-0.39, 0.29) is 0 Å². The minimum atomic E-state index is -0.700. The van der Waals surface area contributed by atoms with Gasteiger partial charge in [0.15, 0.2) is 17.2 Å². The summed E-state index contributed by atoms with van der Waals surface area (Å²) in [6.07, 6.45) is 0. The van der Waals surface area contributed by atoms with Crippen molar-refractivity contribution in [3.05, 3.63) is 24.3 Å². The third-order valence-electron chi connectivity index (χ3n) is 1.71. The van der Waals surface area contributed by atoms with Gasteiger partial charge in [-0.2, -0.15) is 0 Å². The van der Waals surface area contributed by atoms with Gasteiger partial charge in [-0.05, 0) is 19.1 Å². The van der Waals surface area contributed by atoms with Gasteiger partial charge in [0.05, 0.1) is 0 Å². The first kappa shape index (κ1) is 7.43. The average molecular weight is 165 g/mol. The molecule has 2 N–H and O–H groups in total. The molecule has 3 heteroatoms. The molecule has 1 unspecified atom stereocenters. The highest BCUT2D eigenvalue weighted by Gasteiger charge is 2.27. The number of rotatable bonds is 0. The van der Waals surface area contributed by atoms with Gasteiger partial charge in [-0.3, -0.25) is 5.73 Å². The number of benzene rings is 1. The van der Waals surface area contributed by atoms with Crippen LogP contribution in [0.25, 0.3) is 0 Å². The molecule has 1 aromatic carbocycles. The van der Waals surface area contributed by atoms with Gasteiger partial charge in [-0.1, -0.05) is 12.1 Å². The Hall–Kier alpha value is -1.22. The molecule has 1 aromatic rings. The molecule has 1 atom stereocenters.